The van der Waals surface area contributed by atoms with Crippen LogP contribution in [0, 0.1) is 5.92 Å². The van der Waals surface area contributed by atoms with Crippen LogP contribution in [0.4, 0.5) is 11.4 Å². The maximum atomic E-state index is 13.2. The van der Waals surface area contributed by atoms with Gasteiger partial charge in [-0.3, -0.25) is 9.59 Å². The number of likely N-dealkylation sites (N-methyl/N-ethyl adjacent to an activating group) is 1. The monoisotopic (exact) mass is 494 g/mol. The number of likely N-dealkylation sites (tertiary alicyclic amines) is 1. The van der Waals surface area contributed by atoms with Gasteiger partial charge in [0.05, 0.1) is 12.1 Å². The van der Waals surface area contributed by atoms with Gasteiger partial charge in [0.2, 0.25) is 11.8 Å². The molecule has 2 amide bonds. The van der Waals surface area contributed by atoms with E-state index in [0.29, 0.717) is 32.5 Å². The molecule has 3 rings (SSSR count). The van der Waals surface area contributed by atoms with Crippen LogP contribution < -0.4 is 15.1 Å². The number of hydrogen-bond donors (Lipinski definition) is 2. The zero-order chi connectivity index (χ0) is 26.1. The predicted molar refractivity (Wildman–Crippen MR) is 146 cm³/mol. The van der Waals surface area contributed by atoms with Crippen molar-refractivity contribution in [3.63, 3.8) is 0 Å². The van der Waals surface area contributed by atoms with E-state index in [2.05, 4.69) is 18.3 Å². The smallest absolute Gasteiger partial charge is 0.235 e. The molecule has 7 heteroatoms. The number of hydrogen-bond acceptors (Lipinski definition) is 5. The normalized spacial score (nSPS) is 17.1. The van der Waals surface area contributed by atoms with Crippen LogP contribution >= 0.6 is 0 Å². The number of aliphatic hydroxyl groups excluding tert-OH is 1. The molecular weight excluding hydrogens is 452 g/mol. The SMILES string of the molecule is CCCCCN1CC[C@@H](C(=O)N[C@@H](Cc2ccccc2)[C@H](O)CN(C)c2cccc(N(C)C)c2)C1=O. The second-order valence-corrected chi connectivity index (χ2v) is 10.0. The maximum absolute atomic E-state index is 13.2. The van der Waals surface area contributed by atoms with Crippen molar-refractivity contribution in [1.82, 2.24) is 10.2 Å². The van der Waals surface area contributed by atoms with Crippen molar-refractivity contribution < 1.29 is 14.7 Å². The van der Waals surface area contributed by atoms with Crippen molar-refractivity contribution in [2.75, 3.05) is 50.6 Å². The lowest BCUT2D eigenvalue weighted by Gasteiger charge is -2.30. The van der Waals surface area contributed by atoms with Gasteiger partial charge in [-0.05, 0) is 43.0 Å². The number of benzene rings is 2. The standard InChI is InChI=1S/C29H42N4O3/c1-5-6-10-17-33-18-16-25(29(33)36)28(35)30-26(19-22-12-8-7-9-13-22)27(34)21-32(4)24-15-11-14-23(20-24)31(2)3/h7-9,11-15,20,25-27,34H,5-6,10,16-19,21H2,1-4H3,(H,30,35)/t25-,26-,27+/m0/s1. The molecule has 36 heavy (non-hydrogen) atoms. The van der Waals surface area contributed by atoms with Crippen LogP contribution in [0.5, 0.6) is 0 Å². The summed E-state index contributed by atoms with van der Waals surface area (Å²) in [5, 5.41) is 14.3. The quantitative estimate of drug-likeness (QED) is 0.330. The molecule has 2 aromatic rings. The fourth-order valence-corrected chi connectivity index (χ4v) is 4.71. The highest BCUT2D eigenvalue weighted by Gasteiger charge is 2.38. The lowest BCUT2D eigenvalue weighted by molar-refractivity contribution is -0.138. The second kappa shape index (κ2) is 13.3. The Hall–Kier alpha value is -3.06. The van der Waals surface area contributed by atoms with E-state index in [1.165, 1.54) is 0 Å². The fourth-order valence-electron chi connectivity index (χ4n) is 4.71. The number of unbranched alkanes of at least 4 members (excludes halogenated alkanes) is 2. The van der Waals surface area contributed by atoms with Gasteiger partial charge in [0.1, 0.15) is 5.92 Å². The van der Waals surface area contributed by atoms with Crippen molar-refractivity contribution in [2.45, 2.75) is 51.2 Å². The Morgan fingerprint density at radius 1 is 1.08 bits per heavy atom. The van der Waals surface area contributed by atoms with Crippen molar-refractivity contribution in [3.8, 4) is 0 Å². The highest BCUT2D eigenvalue weighted by molar-refractivity contribution is 6.01. The molecule has 3 atom stereocenters. The van der Waals surface area contributed by atoms with E-state index in [4.69, 9.17) is 0 Å². The van der Waals surface area contributed by atoms with E-state index in [0.717, 1.165) is 36.2 Å². The molecule has 0 aliphatic carbocycles. The topological polar surface area (TPSA) is 76.1 Å². The highest BCUT2D eigenvalue weighted by atomic mass is 16.3. The Balaban J connectivity index is 1.69. The largest absolute Gasteiger partial charge is 0.389 e. The molecule has 1 saturated heterocycles. The van der Waals surface area contributed by atoms with Crippen LogP contribution in [-0.4, -0.2) is 74.7 Å². The molecule has 0 bridgehead atoms. The number of aliphatic hydroxyl groups is 1. The van der Waals surface area contributed by atoms with Crippen LogP contribution in [0.2, 0.25) is 0 Å². The molecule has 1 heterocycles. The summed E-state index contributed by atoms with van der Waals surface area (Å²) in [5.74, 6) is -1.05. The Labute approximate surface area is 216 Å². The first-order valence-electron chi connectivity index (χ1n) is 13.1. The predicted octanol–water partition coefficient (Wildman–Crippen LogP) is 3.32. The summed E-state index contributed by atoms with van der Waals surface area (Å²) >= 11 is 0. The molecule has 196 valence electrons. The summed E-state index contributed by atoms with van der Waals surface area (Å²) in [6.45, 7) is 3.81. The minimum atomic E-state index is -0.820. The van der Waals surface area contributed by atoms with Gasteiger partial charge in [-0.2, -0.15) is 0 Å². The van der Waals surface area contributed by atoms with Crippen LogP contribution in [0.1, 0.15) is 38.2 Å². The van der Waals surface area contributed by atoms with E-state index in [-0.39, 0.29) is 11.8 Å². The van der Waals surface area contributed by atoms with Gasteiger partial charge in [0.15, 0.2) is 0 Å². The van der Waals surface area contributed by atoms with Crippen molar-refractivity contribution in [1.29, 1.82) is 0 Å². The number of rotatable bonds is 13. The second-order valence-electron chi connectivity index (χ2n) is 10.0. The van der Waals surface area contributed by atoms with Crippen LogP contribution in [0.3, 0.4) is 0 Å². The zero-order valence-electron chi connectivity index (χ0n) is 22.2. The molecule has 2 N–H and O–H groups in total. The number of nitrogens with one attached hydrogen (secondary N) is 1. The summed E-state index contributed by atoms with van der Waals surface area (Å²) in [6, 6.07) is 17.4. The van der Waals surface area contributed by atoms with Crippen LogP contribution in [0.15, 0.2) is 54.6 Å². The van der Waals surface area contributed by atoms with Gasteiger partial charge in [0.25, 0.3) is 0 Å². The third kappa shape index (κ3) is 7.47. The van der Waals surface area contributed by atoms with Gasteiger partial charge in [-0.1, -0.05) is 56.2 Å². The van der Waals surface area contributed by atoms with Crippen LogP contribution in [-0.2, 0) is 16.0 Å². The van der Waals surface area contributed by atoms with Gasteiger partial charge in [-0.15, -0.1) is 0 Å². The molecule has 1 aliphatic rings. The Morgan fingerprint density at radius 3 is 2.50 bits per heavy atom. The first-order valence-corrected chi connectivity index (χ1v) is 13.1. The maximum Gasteiger partial charge on any atom is 0.235 e. The lowest BCUT2D eigenvalue weighted by Crippen LogP contribution is -2.51. The van der Waals surface area contributed by atoms with Gasteiger partial charge in [-0.25, -0.2) is 0 Å². The average molecular weight is 495 g/mol. The van der Waals surface area contributed by atoms with Crippen molar-refractivity contribution in [3.05, 3.63) is 60.2 Å². The van der Waals surface area contributed by atoms with Crippen molar-refractivity contribution >= 4 is 23.2 Å². The molecular formula is C29H42N4O3. The van der Waals surface area contributed by atoms with E-state index < -0.39 is 18.1 Å². The molecule has 2 aromatic carbocycles. The Bertz CT molecular complexity index is 981. The summed E-state index contributed by atoms with van der Waals surface area (Å²) in [7, 11) is 5.93. The molecule has 1 aliphatic heterocycles. The number of anilines is 2. The van der Waals surface area contributed by atoms with E-state index in [1.54, 1.807) is 0 Å². The van der Waals surface area contributed by atoms with E-state index >= 15 is 0 Å². The molecule has 0 unspecified atom stereocenters. The third-order valence-electron chi connectivity index (χ3n) is 6.98. The number of amides is 2. The first-order chi connectivity index (χ1) is 17.3. The molecule has 7 nitrogen and oxygen atoms in total. The third-order valence-corrected chi connectivity index (χ3v) is 6.98. The van der Waals surface area contributed by atoms with Crippen molar-refractivity contribution in [2.24, 2.45) is 5.92 Å². The fraction of sp³-hybridized carbons (Fsp3) is 0.517. The van der Waals surface area contributed by atoms with Gasteiger partial charge < -0.3 is 25.1 Å². The Morgan fingerprint density at radius 2 is 1.81 bits per heavy atom. The number of carbonyl (C=O) groups excluding carboxylic acids is 2. The highest BCUT2D eigenvalue weighted by Crippen LogP contribution is 2.22. The number of nitrogens with zero attached hydrogens (tertiary/aromatic N) is 3. The molecule has 1 fully saturated rings. The first kappa shape index (κ1) is 27.5. The minimum Gasteiger partial charge on any atom is -0.389 e. The molecule has 0 aromatic heterocycles. The van der Waals surface area contributed by atoms with Gasteiger partial charge >= 0.3 is 0 Å². The Kier molecular flexibility index (Phi) is 10.2. The minimum absolute atomic E-state index is 0.0887. The molecule has 0 spiro atoms. The molecule has 0 radical (unpaired) electrons. The van der Waals surface area contributed by atoms with E-state index in [1.807, 2.05) is 84.4 Å². The number of carbonyl (C=O) groups is 2. The lowest BCUT2D eigenvalue weighted by atomic mass is 9.99. The summed E-state index contributed by atoms with van der Waals surface area (Å²) in [5.41, 5.74) is 3.09. The zero-order valence-corrected chi connectivity index (χ0v) is 22.2. The summed E-state index contributed by atoms with van der Waals surface area (Å²) < 4.78 is 0. The summed E-state index contributed by atoms with van der Waals surface area (Å²) in [4.78, 5) is 32.0. The molecule has 0 saturated carbocycles. The van der Waals surface area contributed by atoms with Crippen LogP contribution in [0.25, 0.3) is 0 Å². The van der Waals surface area contributed by atoms with E-state index in [9.17, 15) is 14.7 Å². The average Bonchev–Trinajstić information content (AvgIpc) is 3.24. The summed E-state index contributed by atoms with van der Waals surface area (Å²) in [6.07, 6.45) is 3.34. The van der Waals surface area contributed by atoms with Gasteiger partial charge in [0, 0.05) is 52.2 Å².